The molecule has 1 aromatic heterocycles. The van der Waals surface area contributed by atoms with Crippen LogP contribution in [0.25, 0.3) is 0 Å². The molecular weight excluding hydrogens is 356 g/mol. The molecule has 116 valence electrons. The summed E-state index contributed by atoms with van der Waals surface area (Å²) in [5.41, 5.74) is 8.51. The number of ether oxygens (including phenoxy) is 1. The average molecular weight is 371 g/mol. The summed E-state index contributed by atoms with van der Waals surface area (Å²) in [6, 6.07) is 15.4. The molecule has 3 rings (SSSR count). The normalized spacial score (nSPS) is 10.3. The van der Waals surface area contributed by atoms with Crippen LogP contribution in [0.2, 0.25) is 0 Å². The molecule has 0 saturated carbocycles. The quantitative estimate of drug-likeness (QED) is 0.698. The largest absolute Gasteiger partial charge is 0.437 e. The molecule has 3 aromatic rings. The number of nitrogens with one attached hydrogen (secondary N) is 1. The standard InChI is InChI=1S/C17H15BrN4O/c1-11-2-8-14(9-3-11)23-17-15(19)16(20-10-21-17)22-13-6-4-12(18)5-7-13/h2-10H,19H2,1H3,(H,20,21,22). The Hall–Kier alpha value is -2.60. The van der Waals surface area contributed by atoms with Crippen molar-refractivity contribution in [3.8, 4) is 11.6 Å². The van der Waals surface area contributed by atoms with Crippen LogP contribution < -0.4 is 15.8 Å². The topological polar surface area (TPSA) is 73.1 Å². The van der Waals surface area contributed by atoms with E-state index in [0.717, 1.165) is 15.7 Å². The van der Waals surface area contributed by atoms with Crippen LogP contribution in [0.3, 0.4) is 0 Å². The SMILES string of the molecule is Cc1ccc(Oc2ncnc(Nc3ccc(Br)cc3)c2N)cc1. The summed E-state index contributed by atoms with van der Waals surface area (Å²) in [5, 5.41) is 3.16. The van der Waals surface area contributed by atoms with Crippen LogP contribution in [0.4, 0.5) is 17.2 Å². The Labute approximate surface area is 142 Å². The lowest BCUT2D eigenvalue weighted by Crippen LogP contribution is -2.03. The van der Waals surface area contributed by atoms with Crippen LogP contribution in [0.1, 0.15) is 5.56 Å². The van der Waals surface area contributed by atoms with E-state index in [2.05, 4.69) is 31.2 Å². The zero-order valence-corrected chi connectivity index (χ0v) is 14.0. The summed E-state index contributed by atoms with van der Waals surface area (Å²) < 4.78 is 6.74. The highest BCUT2D eigenvalue weighted by molar-refractivity contribution is 9.10. The number of anilines is 3. The maximum absolute atomic E-state index is 6.12. The molecule has 2 aromatic carbocycles. The number of benzene rings is 2. The summed E-state index contributed by atoms with van der Waals surface area (Å²) in [5.74, 6) is 1.50. The van der Waals surface area contributed by atoms with Crippen molar-refractivity contribution in [1.29, 1.82) is 0 Å². The second-order valence-corrected chi connectivity index (χ2v) is 5.90. The zero-order valence-electron chi connectivity index (χ0n) is 12.5. The molecule has 1 heterocycles. The lowest BCUT2D eigenvalue weighted by atomic mass is 10.2. The fourth-order valence-corrected chi connectivity index (χ4v) is 2.21. The van der Waals surface area contributed by atoms with E-state index in [4.69, 9.17) is 10.5 Å². The molecule has 0 aliphatic heterocycles. The summed E-state index contributed by atoms with van der Waals surface area (Å²) in [4.78, 5) is 8.28. The van der Waals surface area contributed by atoms with E-state index in [9.17, 15) is 0 Å². The Morgan fingerprint density at radius 2 is 1.70 bits per heavy atom. The first-order chi connectivity index (χ1) is 11.1. The lowest BCUT2D eigenvalue weighted by Gasteiger charge is -2.12. The molecule has 23 heavy (non-hydrogen) atoms. The molecule has 0 saturated heterocycles. The second-order valence-electron chi connectivity index (χ2n) is 4.99. The minimum atomic E-state index is 0.323. The molecule has 0 fully saturated rings. The Bertz CT molecular complexity index is 738. The van der Waals surface area contributed by atoms with Gasteiger partial charge in [0.1, 0.15) is 17.8 Å². The summed E-state index contributed by atoms with van der Waals surface area (Å²) in [7, 11) is 0. The number of rotatable bonds is 4. The number of halogens is 1. The summed E-state index contributed by atoms with van der Waals surface area (Å²) >= 11 is 3.40. The van der Waals surface area contributed by atoms with Gasteiger partial charge in [0.2, 0.25) is 5.88 Å². The van der Waals surface area contributed by atoms with E-state index >= 15 is 0 Å². The maximum atomic E-state index is 6.12. The van der Waals surface area contributed by atoms with Gasteiger partial charge in [-0.15, -0.1) is 0 Å². The Balaban J connectivity index is 1.83. The highest BCUT2D eigenvalue weighted by atomic mass is 79.9. The van der Waals surface area contributed by atoms with Crippen LogP contribution >= 0.6 is 15.9 Å². The monoisotopic (exact) mass is 370 g/mol. The number of nitrogens with zero attached hydrogens (tertiary/aromatic N) is 2. The van der Waals surface area contributed by atoms with Crippen molar-refractivity contribution in [3.05, 3.63) is 64.9 Å². The van der Waals surface area contributed by atoms with Gasteiger partial charge in [0.25, 0.3) is 0 Å². The zero-order chi connectivity index (χ0) is 16.2. The highest BCUT2D eigenvalue weighted by Gasteiger charge is 2.10. The molecule has 0 amide bonds. The summed E-state index contributed by atoms with van der Waals surface area (Å²) in [6.45, 7) is 2.02. The van der Waals surface area contributed by atoms with Gasteiger partial charge >= 0.3 is 0 Å². The van der Waals surface area contributed by atoms with E-state index < -0.39 is 0 Å². The molecule has 0 atom stereocenters. The lowest BCUT2D eigenvalue weighted by molar-refractivity contribution is 0.464. The number of hydrogen-bond donors (Lipinski definition) is 2. The fraction of sp³-hybridized carbons (Fsp3) is 0.0588. The third-order valence-corrected chi connectivity index (χ3v) is 3.72. The smallest absolute Gasteiger partial charge is 0.248 e. The predicted octanol–water partition coefficient (Wildman–Crippen LogP) is 4.67. The van der Waals surface area contributed by atoms with E-state index in [1.807, 2.05) is 55.5 Å². The van der Waals surface area contributed by atoms with E-state index in [-0.39, 0.29) is 0 Å². The van der Waals surface area contributed by atoms with Gasteiger partial charge in [-0.3, -0.25) is 0 Å². The van der Waals surface area contributed by atoms with Gasteiger partial charge < -0.3 is 15.8 Å². The van der Waals surface area contributed by atoms with Crippen molar-refractivity contribution in [2.75, 3.05) is 11.1 Å². The van der Waals surface area contributed by atoms with Crippen LogP contribution in [-0.4, -0.2) is 9.97 Å². The van der Waals surface area contributed by atoms with Crippen LogP contribution in [-0.2, 0) is 0 Å². The molecule has 6 heteroatoms. The van der Waals surface area contributed by atoms with Gasteiger partial charge in [-0.1, -0.05) is 33.6 Å². The second kappa shape index (κ2) is 6.66. The molecule has 0 unspecified atom stereocenters. The number of nitrogen functional groups attached to an aromatic ring is 1. The van der Waals surface area contributed by atoms with Gasteiger partial charge in [-0.05, 0) is 43.3 Å². The molecule has 5 nitrogen and oxygen atoms in total. The third kappa shape index (κ3) is 3.78. The number of hydrogen-bond acceptors (Lipinski definition) is 5. The molecule has 0 aliphatic carbocycles. The Morgan fingerprint density at radius 1 is 1.00 bits per heavy atom. The van der Waals surface area contributed by atoms with Gasteiger partial charge in [-0.2, -0.15) is 4.98 Å². The van der Waals surface area contributed by atoms with E-state index in [0.29, 0.717) is 23.1 Å². The van der Waals surface area contributed by atoms with Crippen molar-refractivity contribution < 1.29 is 4.74 Å². The van der Waals surface area contributed by atoms with E-state index in [1.165, 1.54) is 6.33 Å². The Morgan fingerprint density at radius 3 is 2.39 bits per heavy atom. The summed E-state index contributed by atoms with van der Waals surface area (Å²) in [6.07, 6.45) is 1.42. The van der Waals surface area contributed by atoms with Crippen molar-refractivity contribution in [2.24, 2.45) is 0 Å². The minimum Gasteiger partial charge on any atom is -0.437 e. The highest BCUT2D eigenvalue weighted by Crippen LogP contribution is 2.31. The number of aryl methyl sites for hydroxylation is 1. The van der Waals surface area contributed by atoms with Gasteiger partial charge in [0, 0.05) is 10.2 Å². The van der Waals surface area contributed by atoms with Crippen molar-refractivity contribution in [2.45, 2.75) is 6.92 Å². The van der Waals surface area contributed by atoms with Crippen LogP contribution in [0.15, 0.2) is 59.3 Å². The average Bonchev–Trinajstić information content (AvgIpc) is 2.55. The molecule has 0 spiro atoms. The first kappa shape index (κ1) is 15.3. The first-order valence-corrected chi connectivity index (χ1v) is 7.79. The number of nitrogens with two attached hydrogens (primary N) is 1. The fourth-order valence-electron chi connectivity index (χ4n) is 1.95. The number of aromatic nitrogens is 2. The molecule has 0 bridgehead atoms. The molecule has 3 N–H and O–H groups in total. The predicted molar refractivity (Wildman–Crippen MR) is 95.1 cm³/mol. The van der Waals surface area contributed by atoms with Crippen molar-refractivity contribution >= 4 is 33.1 Å². The molecule has 0 radical (unpaired) electrons. The molecular formula is C17H15BrN4O. The first-order valence-electron chi connectivity index (χ1n) is 6.99. The van der Waals surface area contributed by atoms with Crippen LogP contribution in [0, 0.1) is 6.92 Å². The molecule has 0 aliphatic rings. The minimum absolute atomic E-state index is 0.323. The third-order valence-electron chi connectivity index (χ3n) is 3.19. The van der Waals surface area contributed by atoms with Gasteiger partial charge in [0.05, 0.1) is 0 Å². The van der Waals surface area contributed by atoms with Crippen LogP contribution in [0.5, 0.6) is 11.6 Å². The van der Waals surface area contributed by atoms with Crippen molar-refractivity contribution in [1.82, 2.24) is 9.97 Å². The van der Waals surface area contributed by atoms with Gasteiger partial charge in [0.15, 0.2) is 5.82 Å². The Kier molecular flexibility index (Phi) is 4.43. The van der Waals surface area contributed by atoms with Crippen molar-refractivity contribution in [3.63, 3.8) is 0 Å². The van der Waals surface area contributed by atoms with E-state index in [1.54, 1.807) is 0 Å². The maximum Gasteiger partial charge on any atom is 0.248 e. The van der Waals surface area contributed by atoms with Gasteiger partial charge in [-0.25, -0.2) is 4.98 Å².